The zero-order valence-corrected chi connectivity index (χ0v) is 11.4. The second kappa shape index (κ2) is 6.82. The molecule has 1 aromatic heterocycles. The molecule has 0 saturated carbocycles. The van der Waals surface area contributed by atoms with Crippen LogP contribution < -0.4 is 0 Å². The quantitative estimate of drug-likeness (QED) is 0.901. The maximum atomic E-state index is 12.4. The second-order valence-corrected chi connectivity index (χ2v) is 4.70. The summed E-state index contributed by atoms with van der Waals surface area (Å²) in [6.45, 7) is 0.288. The molecule has 0 fully saturated rings. The number of aliphatic hydroxyl groups excluding tert-OH is 1. The van der Waals surface area contributed by atoms with E-state index in [1.807, 2.05) is 42.5 Å². The van der Waals surface area contributed by atoms with Gasteiger partial charge in [-0.1, -0.05) is 36.4 Å². The van der Waals surface area contributed by atoms with Crippen LogP contribution in [0.2, 0.25) is 0 Å². The lowest BCUT2D eigenvalue weighted by atomic mass is 9.98. The first-order valence-corrected chi connectivity index (χ1v) is 6.52. The van der Waals surface area contributed by atoms with Crippen LogP contribution in [0.15, 0.2) is 54.9 Å². The van der Waals surface area contributed by atoms with E-state index in [0.29, 0.717) is 6.54 Å². The summed E-state index contributed by atoms with van der Waals surface area (Å²) in [7, 11) is 1.74. The van der Waals surface area contributed by atoms with Gasteiger partial charge in [-0.15, -0.1) is 0 Å². The van der Waals surface area contributed by atoms with Crippen molar-refractivity contribution in [2.75, 3.05) is 13.7 Å². The van der Waals surface area contributed by atoms with E-state index in [1.54, 1.807) is 24.3 Å². The van der Waals surface area contributed by atoms with Gasteiger partial charge >= 0.3 is 0 Å². The van der Waals surface area contributed by atoms with Crippen LogP contribution in [0.5, 0.6) is 0 Å². The molecule has 0 saturated heterocycles. The van der Waals surface area contributed by atoms with E-state index in [-0.39, 0.29) is 12.5 Å². The van der Waals surface area contributed by atoms with Crippen molar-refractivity contribution in [3.05, 3.63) is 66.0 Å². The molecule has 1 atom stereocenters. The summed E-state index contributed by atoms with van der Waals surface area (Å²) < 4.78 is 0. The molecule has 0 radical (unpaired) electrons. The second-order valence-electron chi connectivity index (χ2n) is 4.70. The zero-order chi connectivity index (χ0) is 14.4. The Morgan fingerprint density at radius 3 is 2.60 bits per heavy atom. The van der Waals surface area contributed by atoms with Crippen molar-refractivity contribution >= 4 is 5.91 Å². The highest BCUT2D eigenvalue weighted by Gasteiger charge is 2.23. The number of benzene rings is 1. The molecule has 0 bridgehead atoms. The van der Waals surface area contributed by atoms with Crippen molar-refractivity contribution in [3.8, 4) is 0 Å². The average molecular weight is 270 g/mol. The molecule has 4 nitrogen and oxygen atoms in total. The number of carbonyl (C=O) groups excluding carboxylic acids is 1. The Bertz CT molecular complexity index is 543. The number of pyridine rings is 1. The van der Waals surface area contributed by atoms with Gasteiger partial charge in [0.1, 0.15) is 0 Å². The molecule has 0 aliphatic rings. The monoisotopic (exact) mass is 270 g/mol. The third kappa shape index (κ3) is 3.42. The number of rotatable bonds is 5. The van der Waals surface area contributed by atoms with Gasteiger partial charge in [-0.3, -0.25) is 9.78 Å². The number of aromatic nitrogens is 1. The van der Waals surface area contributed by atoms with Gasteiger partial charge in [-0.05, 0) is 17.2 Å². The van der Waals surface area contributed by atoms with Crippen LogP contribution in [-0.2, 0) is 11.3 Å². The molecule has 0 aliphatic heterocycles. The smallest absolute Gasteiger partial charge is 0.232 e. The molecule has 104 valence electrons. The van der Waals surface area contributed by atoms with E-state index >= 15 is 0 Å². The van der Waals surface area contributed by atoms with Crippen LogP contribution in [0.3, 0.4) is 0 Å². The van der Waals surface area contributed by atoms with Crippen LogP contribution in [-0.4, -0.2) is 34.6 Å². The van der Waals surface area contributed by atoms with Crippen molar-refractivity contribution < 1.29 is 9.90 Å². The first-order chi connectivity index (χ1) is 9.72. The molecule has 2 rings (SSSR count). The van der Waals surface area contributed by atoms with Gasteiger partial charge in [-0.2, -0.15) is 0 Å². The summed E-state index contributed by atoms with van der Waals surface area (Å²) in [5, 5.41) is 9.51. The summed E-state index contributed by atoms with van der Waals surface area (Å²) in [6, 6.07) is 13.1. The summed E-state index contributed by atoms with van der Waals surface area (Å²) in [5.74, 6) is -0.611. The van der Waals surface area contributed by atoms with E-state index in [1.165, 1.54) is 0 Å². The maximum absolute atomic E-state index is 12.4. The number of nitrogens with zero attached hydrogens (tertiary/aromatic N) is 2. The molecule has 0 aliphatic carbocycles. The molecule has 1 amide bonds. The van der Waals surface area contributed by atoms with Gasteiger partial charge in [-0.25, -0.2) is 0 Å². The third-order valence-electron chi connectivity index (χ3n) is 3.20. The molecule has 20 heavy (non-hydrogen) atoms. The van der Waals surface area contributed by atoms with Crippen LogP contribution in [0, 0.1) is 0 Å². The Morgan fingerprint density at radius 1 is 1.25 bits per heavy atom. The fraction of sp³-hybridized carbons (Fsp3) is 0.250. The van der Waals surface area contributed by atoms with Crippen molar-refractivity contribution in [3.63, 3.8) is 0 Å². The Labute approximate surface area is 118 Å². The van der Waals surface area contributed by atoms with E-state index in [0.717, 1.165) is 11.1 Å². The van der Waals surface area contributed by atoms with E-state index in [4.69, 9.17) is 0 Å². The average Bonchev–Trinajstić information content (AvgIpc) is 2.50. The SMILES string of the molecule is CN(Cc1cccnc1)C(=O)C(CO)c1ccccc1. The first-order valence-electron chi connectivity index (χ1n) is 6.52. The number of hydrogen-bond donors (Lipinski definition) is 1. The number of carbonyl (C=O) groups is 1. The van der Waals surface area contributed by atoms with Crippen molar-refractivity contribution in [2.24, 2.45) is 0 Å². The van der Waals surface area contributed by atoms with Crippen LogP contribution >= 0.6 is 0 Å². The molecule has 1 unspecified atom stereocenters. The number of amides is 1. The van der Waals surface area contributed by atoms with E-state index in [2.05, 4.69) is 4.98 Å². The lowest BCUT2D eigenvalue weighted by Crippen LogP contribution is -2.33. The molecule has 2 aromatic rings. The Balaban J connectivity index is 2.09. The molecule has 1 aromatic carbocycles. The molecule has 4 heteroatoms. The highest BCUT2D eigenvalue weighted by atomic mass is 16.3. The minimum absolute atomic E-state index is 0.0949. The molecular weight excluding hydrogens is 252 g/mol. The topological polar surface area (TPSA) is 53.4 Å². The predicted octanol–water partition coefficient (Wildman–Crippen LogP) is 1.82. The number of likely N-dealkylation sites (N-methyl/N-ethyl adjacent to an activating group) is 1. The normalized spacial score (nSPS) is 11.9. The largest absolute Gasteiger partial charge is 0.395 e. The summed E-state index contributed by atoms with van der Waals surface area (Å²) in [4.78, 5) is 18.1. The van der Waals surface area contributed by atoms with Gasteiger partial charge < -0.3 is 10.0 Å². The first kappa shape index (κ1) is 14.2. The molecule has 1 heterocycles. The fourth-order valence-electron chi connectivity index (χ4n) is 2.12. The molecular formula is C16H18N2O2. The highest BCUT2D eigenvalue weighted by Crippen LogP contribution is 2.18. The Hall–Kier alpha value is -2.20. The standard InChI is InChI=1S/C16H18N2O2/c1-18(11-13-6-5-9-17-10-13)16(20)15(12-19)14-7-3-2-4-8-14/h2-10,15,19H,11-12H2,1H3. The predicted molar refractivity (Wildman–Crippen MR) is 77.0 cm³/mol. The Kier molecular flexibility index (Phi) is 4.85. The van der Waals surface area contributed by atoms with E-state index < -0.39 is 5.92 Å². The van der Waals surface area contributed by atoms with Gasteiger partial charge in [0, 0.05) is 26.0 Å². The lowest BCUT2D eigenvalue weighted by Gasteiger charge is -2.22. The summed E-state index contributed by atoms with van der Waals surface area (Å²) >= 11 is 0. The summed E-state index contributed by atoms with van der Waals surface area (Å²) in [6.07, 6.45) is 3.44. The van der Waals surface area contributed by atoms with Gasteiger partial charge in [0.15, 0.2) is 0 Å². The minimum Gasteiger partial charge on any atom is -0.395 e. The van der Waals surface area contributed by atoms with Crippen LogP contribution in [0.4, 0.5) is 0 Å². The van der Waals surface area contributed by atoms with Crippen LogP contribution in [0.1, 0.15) is 17.0 Å². The maximum Gasteiger partial charge on any atom is 0.232 e. The Morgan fingerprint density at radius 2 is 2.00 bits per heavy atom. The lowest BCUT2D eigenvalue weighted by molar-refractivity contribution is -0.133. The van der Waals surface area contributed by atoms with Crippen molar-refractivity contribution in [1.82, 2.24) is 9.88 Å². The third-order valence-corrected chi connectivity index (χ3v) is 3.20. The number of aliphatic hydroxyl groups is 1. The van der Waals surface area contributed by atoms with E-state index in [9.17, 15) is 9.90 Å². The van der Waals surface area contributed by atoms with Crippen LogP contribution in [0.25, 0.3) is 0 Å². The zero-order valence-electron chi connectivity index (χ0n) is 11.4. The van der Waals surface area contributed by atoms with Gasteiger partial charge in [0.05, 0.1) is 12.5 Å². The van der Waals surface area contributed by atoms with Gasteiger partial charge in [0.2, 0.25) is 5.91 Å². The fourth-order valence-corrected chi connectivity index (χ4v) is 2.12. The van der Waals surface area contributed by atoms with Crippen molar-refractivity contribution in [1.29, 1.82) is 0 Å². The number of hydrogen-bond acceptors (Lipinski definition) is 3. The van der Waals surface area contributed by atoms with Gasteiger partial charge in [0.25, 0.3) is 0 Å². The minimum atomic E-state index is -0.516. The highest BCUT2D eigenvalue weighted by molar-refractivity contribution is 5.83. The molecule has 0 spiro atoms. The summed E-state index contributed by atoms with van der Waals surface area (Å²) in [5.41, 5.74) is 1.80. The van der Waals surface area contributed by atoms with Crippen molar-refractivity contribution in [2.45, 2.75) is 12.5 Å². The molecule has 1 N–H and O–H groups in total.